The number of rotatable bonds is 4. The van der Waals surface area contributed by atoms with Crippen LogP contribution in [0.25, 0.3) is 52.8 Å². The lowest BCUT2D eigenvalue weighted by Crippen LogP contribution is -2.11. The number of thiophene rings is 1. The summed E-state index contributed by atoms with van der Waals surface area (Å²) in [4.78, 5) is 2.43. The van der Waals surface area contributed by atoms with Gasteiger partial charge in [-0.15, -0.1) is 11.3 Å². The molecular formula is C39H27NS. The Balaban J connectivity index is 1.38. The average Bonchev–Trinajstić information content (AvgIpc) is 3.39. The Bertz CT molecular complexity index is 2230. The second-order valence-corrected chi connectivity index (χ2v) is 11.7. The predicted octanol–water partition coefficient (Wildman–Crippen LogP) is 11.8. The summed E-state index contributed by atoms with van der Waals surface area (Å²) >= 11 is 1.87. The van der Waals surface area contributed by atoms with Gasteiger partial charge in [-0.2, -0.15) is 0 Å². The van der Waals surface area contributed by atoms with Crippen molar-refractivity contribution in [2.45, 2.75) is 6.92 Å². The Labute approximate surface area is 243 Å². The SMILES string of the molecule is Cc1cccc(N(c2cccc3ccccc23)c2ccc(-c3ccc4sc5ccccc5c4c3)c3ccccc23)c1. The molecule has 0 aliphatic heterocycles. The smallest absolute Gasteiger partial charge is 0.0540 e. The van der Waals surface area contributed by atoms with E-state index < -0.39 is 0 Å². The van der Waals surface area contributed by atoms with Crippen LogP contribution < -0.4 is 4.90 Å². The van der Waals surface area contributed by atoms with Gasteiger partial charge in [0.1, 0.15) is 0 Å². The van der Waals surface area contributed by atoms with Crippen molar-refractivity contribution in [3.8, 4) is 11.1 Å². The molecule has 0 saturated carbocycles. The van der Waals surface area contributed by atoms with Gasteiger partial charge in [-0.25, -0.2) is 0 Å². The fourth-order valence-corrected chi connectivity index (χ4v) is 7.29. The third-order valence-corrected chi connectivity index (χ3v) is 9.25. The quantitative estimate of drug-likeness (QED) is 0.214. The summed E-state index contributed by atoms with van der Waals surface area (Å²) in [5.74, 6) is 0. The van der Waals surface area contributed by atoms with Gasteiger partial charge in [0.2, 0.25) is 0 Å². The van der Waals surface area contributed by atoms with Crippen molar-refractivity contribution in [2.24, 2.45) is 0 Å². The molecule has 0 radical (unpaired) electrons. The topological polar surface area (TPSA) is 3.24 Å². The van der Waals surface area contributed by atoms with Crippen LogP contribution in [0.5, 0.6) is 0 Å². The van der Waals surface area contributed by atoms with Crippen molar-refractivity contribution < 1.29 is 0 Å². The first kappa shape index (κ1) is 23.9. The van der Waals surface area contributed by atoms with Gasteiger partial charge >= 0.3 is 0 Å². The lowest BCUT2D eigenvalue weighted by Gasteiger charge is -2.29. The summed E-state index contributed by atoms with van der Waals surface area (Å²) in [5.41, 5.74) is 7.25. The molecule has 0 aliphatic rings. The first-order chi connectivity index (χ1) is 20.2. The van der Waals surface area contributed by atoms with Crippen molar-refractivity contribution in [3.63, 3.8) is 0 Å². The monoisotopic (exact) mass is 541 g/mol. The van der Waals surface area contributed by atoms with Crippen molar-refractivity contribution in [1.82, 2.24) is 0 Å². The molecule has 7 aromatic carbocycles. The molecular weight excluding hydrogens is 515 g/mol. The maximum absolute atomic E-state index is 2.43. The number of nitrogens with zero attached hydrogens (tertiary/aromatic N) is 1. The second kappa shape index (κ2) is 9.62. The second-order valence-electron chi connectivity index (χ2n) is 10.7. The van der Waals surface area contributed by atoms with E-state index in [1.54, 1.807) is 0 Å². The minimum absolute atomic E-state index is 1.16. The zero-order chi connectivity index (χ0) is 27.3. The van der Waals surface area contributed by atoms with Gasteiger partial charge < -0.3 is 4.90 Å². The highest BCUT2D eigenvalue weighted by atomic mass is 32.1. The van der Waals surface area contributed by atoms with Crippen molar-refractivity contribution in [1.29, 1.82) is 0 Å². The molecule has 0 amide bonds. The summed E-state index contributed by atoms with van der Waals surface area (Å²) in [6.45, 7) is 2.16. The third kappa shape index (κ3) is 3.99. The zero-order valence-corrected chi connectivity index (χ0v) is 23.5. The summed E-state index contributed by atoms with van der Waals surface area (Å²) in [6.07, 6.45) is 0. The highest BCUT2D eigenvalue weighted by Gasteiger charge is 2.19. The number of hydrogen-bond acceptors (Lipinski definition) is 2. The molecule has 8 aromatic rings. The van der Waals surface area contributed by atoms with Gasteiger partial charge in [-0.05, 0) is 76.9 Å². The fraction of sp³-hybridized carbons (Fsp3) is 0.0256. The van der Waals surface area contributed by atoms with Gasteiger partial charge in [0.15, 0.2) is 0 Å². The van der Waals surface area contributed by atoms with Gasteiger partial charge in [-0.1, -0.05) is 103 Å². The lowest BCUT2D eigenvalue weighted by atomic mass is 9.95. The highest BCUT2D eigenvalue weighted by Crippen LogP contribution is 2.45. The third-order valence-electron chi connectivity index (χ3n) is 8.10. The summed E-state index contributed by atoms with van der Waals surface area (Å²) in [6, 6.07) is 53.2. The maximum Gasteiger partial charge on any atom is 0.0540 e. The van der Waals surface area contributed by atoms with Crippen molar-refractivity contribution in [2.75, 3.05) is 4.90 Å². The van der Waals surface area contributed by atoms with E-state index in [9.17, 15) is 0 Å². The van der Waals surface area contributed by atoms with Crippen LogP contribution in [0.15, 0.2) is 146 Å². The molecule has 0 unspecified atom stereocenters. The number of fused-ring (bicyclic) bond motifs is 5. The summed E-state index contributed by atoms with van der Waals surface area (Å²) in [5, 5.41) is 7.61. The van der Waals surface area contributed by atoms with E-state index in [1.807, 2.05) is 11.3 Å². The standard InChI is InChI=1S/C39H27NS/c1-26-10-8-13-29(24-26)40(36-18-9-12-27-11-2-3-14-31(27)36)37-22-21-30(32-15-4-5-16-33(32)37)28-20-23-39-35(25-28)34-17-6-7-19-38(34)41-39/h2-25H,1H3. The fourth-order valence-electron chi connectivity index (χ4n) is 6.20. The first-order valence-electron chi connectivity index (χ1n) is 14.0. The van der Waals surface area contributed by atoms with Crippen LogP contribution in [0.3, 0.4) is 0 Å². The molecule has 194 valence electrons. The van der Waals surface area contributed by atoms with E-state index in [0.29, 0.717) is 0 Å². The minimum Gasteiger partial charge on any atom is -0.309 e. The predicted molar refractivity (Wildman–Crippen MR) is 179 cm³/mol. The van der Waals surface area contributed by atoms with Crippen LogP contribution >= 0.6 is 11.3 Å². The summed E-state index contributed by atoms with van der Waals surface area (Å²) < 4.78 is 2.67. The Hall–Kier alpha value is -4.92. The zero-order valence-electron chi connectivity index (χ0n) is 22.7. The molecule has 8 rings (SSSR count). The number of benzene rings is 7. The number of aryl methyl sites for hydroxylation is 1. The molecule has 1 aromatic heterocycles. The Morgan fingerprint density at radius 3 is 2.02 bits per heavy atom. The van der Waals surface area contributed by atoms with Gasteiger partial charge in [0.05, 0.1) is 11.4 Å². The molecule has 41 heavy (non-hydrogen) atoms. The molecule has 0 saturated heterocycles. The Kier molecular flexibility index (Phi) is 5.61. The Morgan fingerprint density at radius 1 is 0.463 bits per heavy atom. The van der Waals surface area contributed by atoms with E-state index in [-0.39, 0.29) is 0 Å². The van der Waals surface area contributed by atoms with Crippen LogP contribution in [-0.4, -0.2) is 0 Å². The van der Waals surface area contributed by atoms with Crippen LogP contribution in [0, 0.1) is 6.92 Å². The molecule has 1 heterocycles. The molecule has 0 spiro atoms. The van der Waals surface area contributed by atoms with E-state index in [1.165, 1.54) is 69.8 Å². The molecule has 2 heteroatoms. The van der Waals surface area contributed by atoms with Crippen LogP contribution in [-0.2, 0) is 0 Å². The largest absolute Gasteiger partial charge is 0.309 e. The summed E-state index contributed by atoms with van der Waals surface area (Å²) in [7, 11) is 0. The van der Waals surface area contributed by atoms with E-state index in [4.69, 9.17) is 0 Å². The number of anilines is 3. The minimum atomic E-state index is 1.16. The van der Waals surface area contributed by atoms with Crippen LogP contribution in [0.2, 0.25) is 0 Å². The van der Waals surface area contributed by atoms with E-state index in [2.05, 4.69) is 157 Å². The van der Waals surface area contributed by atoms with Crippen molar-refractivity contribution in [3.05, 3.63) is 151 Å². The van der Waals surface area contributed by atoms with E-state index in [0.717, 1.165) is 5.69 Å². The highest BCUT2D eigenvalue weighted by molar-refractivity contribution is 7.25. The normalized spacial score (nSPS) is 11.5. The molecule has 0 fully saturated rings. The maximum atomic E-state index is 2.43. The first-order valence-corrected chi connectivity index (χ1v) is 14.8. The van der Waals surface area contributed by atoms with Gasteiger partial charge in [0, 0.05) is 36.6 Å². The lowest BCUT2D eigenvalue weighted by molar-refractivity contribution is 1.30. The molecule has 0 aliphatic carbocycles. The van der Waals surface area contributed by atoms with Crippen LogP contribution in [0.1, 0.15) is 5.56 Å². The molecule has 1 nitrogen and oxygen atoms in total. The molecule has 0 N–H and O–H groups in total. The van der Waals surface area contributed by atoms with Gasteiger partial charge in [-0.3, -0.25) is 0 Å². The molecule has 0 atom stereocenters. The van der Waals surface area contributed by atoms with Crippen molar-refractivity contribution >= 4 is 70.1 Å². The van der Waals surface area contributed by atoms with Crippen LogP contribution in [0.4, 0.5) is 17.1 Å². The number of hydrogen-bond donors (Lipinski definition) is 0. The van der Waals surface area contributed by atoms with Gasteiger partial charge in [0.25, 0.3) is 0 Å². The molecule has 0 bridgehead atoms. The Morgan fingerprint density at radius 2 is 1.15 bits per heavy atom. The van der Waals surface area contributed by atoms with E-state index >= 15 is 0 Å². The average molecular weight is 542 g/mol.